The molecule has 3 heteroatoms. The minimum Gasteiger partial charge on any atom is -0.197 e. The van der Waals surface area contributed by atoms with Crippen molar-refractivity contribution >= 4 is 0 Å². The highest BCUT2D eigenvalue weighted by molar-refractivity contribution is 5.66. The van der Waals surface area contributed by atoms with E-state index in [0.717, 1.165) is 0 Å². The summed E-state index contributed by atoms with van der Waals surface area (Å²) < 4.78 is 0. The van der Waals surface area contributed by atoms with Gasteiger partial charge in [0, 0.05) is 5.41 Å². The molecule has 5 atom stereocenters. The van der Waals surface area contributed by atoms with E-state index in [1.807, 2.05) is 6.07 Å². The van der Waals surface area contributed by atoms with Gasteiger partial charge in [-0.25, -0.2) is 0 Å². The van der Waals surface area contributed by atoms with Crippen LogP contribution in [0.25, 0.3) is 0 Å². The Morgan fingerprint density at radius 2 is 1.74 bits per heavy atom. The molecular weight excluding hydrogens is 282 g/mol. The molecule has 3 unspecified atom stereocenters. The van der Waals surface area contributed by atoms with Gasteiger partial charge in [0.05, 0.1) is 23.6 Å². The summed E-state index contributed by atoms with van der Waals surface area (Å²) in [5, 5.41) is 29.4. The number of rotatable bonds is 0. The third-order valence-corrected chi connectivity index (χ3v) is 7.80. The van der Waals surface area contributed by atoms with Crippen molar-refractivity contribution in [1.82, 2.24) is 0 Å². The SMILES string of the molecule is CC1(C)[C@H]2CC(C#N)(C#N)CC23C2[C@@H]1c1ccccc1C23C#N. The van der Waals surface area contributed by atoms with Crippen molar-refractivity contribution in [3.8, 4) is 18.2 Å². The molecule has 4 aliphatic rings. The van der Waals surface area contributed by atoms with E-state index in [-0.39, 0.29) is 16.7 Å². The predicted octanol–water partition coefficient (Wildman–Crippen LogP) is 3.64. The van der Waals surface area contributed by atoms with E-state index < -0.39 is 10.8 Å². The Bertz CT molecular complexity index is 879. The van der Waals surface area contributed by atoms with Crippen LogP contribution in [0, 0.1) is 62.1 Å². The molecule has 1 aromatic carbocycles. The Morgan fingerprint density at radius 3 is 2.39 bits per heavy atom. The topological polar surface area (TPSA) is 71.4 Å². The molecule has 112 valence electrons. The number of nitrogens with zero attached hydrogens (tertiary/aromatic N) is 3. The van der Waals surface area contributed by atoms with Crippen molar-refractivity contribution in [2.24, 2.45) is 28.1 Å². The van der Waals surface area contributed by atoms with Gasteiger partial charge in [-0.3, -0.25) is 0 Å². The van der Waals surface area contributed by atoms with E-state index in [0.29, 0.717) is 24.7 Å². The first-order chi connectivity index (χ1) is 10.9. The second kappa shape index (κ2) is 3.29. The first-order valence-electron chi connectivity index (χ1n) is 8.28. The lowest BCUT2D eigenvalue weighted by Crippen LogP contribution is -2.31. The second-order valence-electron chi connectivity index (χ2n) is 8.56. The molecule has 5 rings (SSSR count). The maximum Gasteiger partial charge on any atom is 0.144 e. The summed E-state index contributed by atoms with van der Waals surface area (Å²) in [5.74, 6) is 0.955. The van der Waals surface area contributed by atoms with E-state index in [1.165, 1.54) is 11.1 Å². The maximum absolute atomic E-state index is 10.1. The summed E-state index contributed by atoms with van der Waals surface area (Å²) in [4.78, 5) is 0. The molecule has 23 heavy (non-hydrogen) atoms. The van der Waals surface area contributed by atoms with Crippen molar-refractivity contribution in [2.75, 3.05) is 0 Å². The quantitative estimate of drug-likeness (QED) is 0.734. The van der Waals surface area contributed by atoms with Gasteiger partial charge < -0.3 is 0 Å². The summed E-state index contributed by atoms with van der Waals surface area (Å²) in [7, 11) is 0. The summed E-state index contributed by atoms with van der Waals surface area (Å²) >= 11 is 0. The lowest BCUT2D eigenvalue weighted by molar-refractivity contribution is 0.161. The van der Waals surface area contributed by atoms with Gasteiger partial charge in [0.2, 0.25) is 0 Å². The molecule has 3 nitrogen and oxygen atoms in total. The van der Waals surface area contributed by atoms with Gasteiger partial charge >= 0.3 is 0 Å². The van der Waals surface area contributed by atoms with Gasteiger partial charge in [0.1, 0.15) is 5.41 Å². The number of benzene rings is 1. The smallest absolute Gasteiger partial charge is 0.144 e. The van der Waals surface area contributed by atoms with E-state index in [9.17, 15) is 15.8 Å². The van der Waals surface area contributed by atoms with Crippen molar-refractivity contribution in [2.45, 2.75) is 38.0 Å². The van der Waals surface area contributed by atoms with Crippen LogP contribution in [0.1, 0.15) is 43.7 Å². The molecule has 0 aliphatic heterocycles. The Morgan fingerprint density at radius 1 is 1.04 bits per heavy atom. The summed E-state index contributed by atoms with van der Waals surface area (Å²) in [5.41, 5.74) is 1.03. The van der Waals surface area contributed by atoms with Crippen LogP contribution in [0.15, 0.2) is 24.3 Å². The second-order valence-corrected chi connectivity index (χ2v) is 8.56. The van der Waals surface area contributed by atoms with E-state index >= 15 is 0 Å². The molecule has 0 bridgehead atoms. The summed E-state index contributed by atoms with van der Waals surface area (Å²) in [6.45, 7) is 4.57. The Balaban J connectivity index is 1.81. The average molecular weight is 299 g/mol. The van der Waals surface area contributed by atoms with Crippen LogP contribution < -0.4 is 0 Å². The lowest BCUT2D eigenvalue weighted by Gasteiger charge is -2.36. The molecule has 4 aliphatic carbocycles. The summed E-state index contributed by atoms with van der Waals surface area (Å²) in [6.07, 6.45) is 1.20. The molecule has 3 saturated carbocycles. The Hall–Kier alpha value is -2.31. The van der Waals surface area contributed by atoms with Crippen LogP contribution in [-0.2, 0) is 5.41 Å². The van der Waals surface area contributed by atoms with Gasteiger partial charge in [-0.2, -0.15) is 15.8 Å². The number of fused-ring (bicyclic) bond motifs is 3. The number of hydrogen-bond acceptors (Lipinski definition) is 3. The fraction of sp³-hybridized carbons (Fsp3) is 0.550. The zero-order valence-corrected chi connectivity index (χ0v) is 13.3. The standard InChI is InChI=1S/C20H17N3/c1-17(2)14-7-18(9-21,10-22)8-19(14)16-15(17)12-5-3-4-6-13(12)20(16,19)11-23/h3-6,14-16H,7-8H2,1-2H3/t14-,15+,16?,19?,20?/m1/s1. The van der Waals surface area contributed by atoms with Gasteiger partial charge in [-0.1, -0.05) is 38.1 Å². The first-order valence-corrected chi connectivity index (χ1v) is 8.28. The molecule has 0 aromatic heterocycles. The molecule has 1 aromatic rings. The fourth-order valence-corrected chi connectivity index (χ4v) is 7.23. The Kier molecular flexibility index (Phi) is 1.88. The molecule has 0 radical (unpaired) electrons. The molecular formula is C20H17N3. The van der Waals surface area contributed by atoms with Crippen LogP contribution in [0.3, 0.4) is 0 Å². The third kappa shape index (κ3) is 0.970. The molecule has 0 N–H and O–H groups in total. The normalized spacial score (nSPS) is 45.1. The van der Waals surface area contributed by atoms with Crippen LogP contribution in [0.2, 0.25) is 0 Å². The molecule has 3 fully saturated rings. The maximum atomic E-state index is 10.1. The predicted molar refractivity (Wildman–Crippen MR) is 82.6 cm³/mol. The fourth-order valence-electron chi connectivity index (χ4n) is 7.23. The molecule has 0 saturated heterocycles. The van der Waals surface area contributed by atoms with Gasteiger partial charge in [-0.15, -0.1) is 0 Å². The molecule has 1 spiro atoms. The average Bonchev–Trinajstić information content (AvgIpc) is 2.83. The zero-order chi connectivity index (χ0) is 16.3. The van der Waals surface area contributed by atoms with Crippen LogP contribution in [-0.4, -0.2) is 0 Å². The minimum atomic E-state index is -0.907. The highest BCUT2D eigenvalue weighted by Crippen LogP contribution is 2.95. The lowest BCUT2D eigenvalue weighted by atomic mass is 9.67. The minimum absolute atomic E-state index is 0.0348. The van der Waals surface area contributed by atoms with Gasteiger partial charge in [0.15, 0.2) is 0 Å². The third-order valence-electron chi connectivity index (χ3n) is 7.80. The van der Waals surface area contributed by atoms with Gasteiger partial charge in [-0.05, 0) is 47.1 Å². The van der Waals surface area contributed by atoms with Crippen molar-refractivity contribution < 1.29 is 0 Å². The van der Waals surface area contributed by atoms with Gasteiger partial charge in [0.25, 0.3) is 0 Å². The zero-order valence-electron chi connectivity index (χ0n) is 13.3. The van der Waals surface area contributed by atoms with E-state index in [1.54, 1.807) is 0 Å². The molecule has 0 heterocycles. The van der Waals surface area contributed by atoms with Crippen molar-refractivity contribution in [1.29, 1.82) is 15.8 Å². The van der Waals surface area contributed by atoms with Crippen molar-refractivity contribution in [3.63, 3.8) is 0 Å². The van der Waals surface area contributed by atoms with Crippen molar-refractivity contribution in [3.05, 3.63) is 35.4 Å². The number of hydrogen-bond donors (Lipinski definition) is 0. The monoisotopic (exact) mass is 299 g/mol. The molecule has 0 amide bonds. The van der Waals surface area contributed by atoms with E-state index in [2.05, 4.69) is 50.3 Å². The highest BCUT2D eigenvalue weighted by atomic mass is 14.9. The van der Waals surface area contributed by atoms with E-state index in [4.69, 9.17) is 0 Å². The first kappa shape index (κ1) is 13.2. The summed E-state index contributed by atoms with van der Waals surface area (Å²) in [6, 6.07) is 15.7. The Labute approximate surface area is 136 Å². The highest BCUT2D eigenvalue weighted by Gasteiger charge is 2.94. The van der Waals surface area contributed by atoms with Crippen LogP contribution in [0.4, 0.5) is 0 Å². The van der Waals surface area contributed by atoms with Crippen LogP contribution >= 0.6 is 0 Å². The van der Waals surface area contributed by atoms with Crippen LogP contribution in [0.5, 0.6) is 0 Å². The number of nitriles is 3. The largest absolute Gasteiger partial charge is 0.197 e.